The molecule has 0 saturated carbocycles. The van der Waals surface area contributed by atoms with Gasteiger partial charge in [0.1, 0.15) is 10.7 Å². The number of pyridine rings is 1. The van der Waals surface area contributed by atoms with Crippen molar-refractivity contribution < 1.29 is 8.42 Å². The van der Waals surface area contributed by atoms with Gasteiger partial charge in [-0.05, 0) is 49.1 Å². The predicted molar refractivity (Wildman–Crippen MR) is 91.3 cm³/mol. The van der Waals surface area contributed by atoms with E-state index in [1.54, 1.807) is 12.1 Å². The molecule has 5 nitrogen and oxygen atoms in total. The average Bonchev–Trinajstić information content (AvgIpc) is 3.11. The number of benzene rings is 1. The minimum absolute atomic E-state index is 0.256. The molecule has 0 radical (unpaired) electrons. The quantitative estimate of drug-likeness (QED) is 0.914. The fourth-order valence-electron chi connectivity index (χ4n) is 2.66. The number of aromatic nitrogens is 1. The predicted octanol–water partition coefficient (Wildman–Crippen LogP) is 3.17. The van der Waals surface area contributed by atoms with Crippen LogP contribution in [0.5, 0.6) is 0 Å². The number of rotatable bonds is 5. The number of hydrogen-bond acceptors (Lipinski definition) is 4. The van der Waals surface area contributed by atoms with Gasteiger partial charge in [-0.15, -0.1) is 0 Å². The molecule has 1 aromatic heterocycles. The second kappa shape index (κ2) is 6.68. The molecule has 0 aliphatic carbocycles. The summed E-state index contributed by atoms with van der Waals surface area (Å²) in [7, 11) is -3.39. The van der Waals surface area contributed by atoms with Crippen LogP contribution in [0.1, 0.15) is 25.3 Å². The molecule has 2 heterocycles. The summed E-state index contributed by atoms with van der Waals surface area (Å²) >= 11 is 0. The second-order valence-corrected chi connectivity index (χ2v) is 7.60. The summed E-state index contributed by atoms with van der Waals surface area (Å²) in [6, 6.07) is 11.4. The van der Waals surface area contributed by atoms with Crippen LogP contribution in [0.3, 0.4) is 0 Å². The van der Waals surface area contributed by atoms with Crippen molar-refractivity contribution in [1.82, 2.24) is 9.29 Å². The van der Waals surface area contributed by atoms with Gasteiger partial charge in [0.25, 0.3) is 0 Å². The van der Waals surface area contributed by atoms with Gasteiger partial charge in [0, 0.05) is 25.0 Å². The molecule has 1 aliphatic heterocycles. The molecular weight excluding hydrogens is 310 g/mol. The Hall–Kier alpha value is -1.92. The first-order valence-corrected chi connectivity index (χ1v) is 9.36. The van der Waals surface area contributed by atoms with Crippen LogP contribution in [0.4, 0.5) is 11.5 Å². The highest BCUT2D eigenvalue weighted by Gasteiger charge is 2.27. The number of sulfonamides is 1. The monoisotopic (exact) mass is 331 g/mol. The first-order valence-electron chi connectivity index (χ1n) is 7.92. The zero-order chi connectivity index (χ0) is 16.3. The number of nitrogens with one attached hydrogen (secondary N) is 1. The Morgan fingerprint density at radius 2 is 1.78 bits per heavy atom. The maximum atomic E-state index is 12.4. The van der Waals surface area contributed by atoms with Crippen LogP contribution >= 0.6 is 0 Å². The molecule has 23 heavy (non-hydrogen) atoms. The molecule has 0 atom stereocenters. The molecule has 122 valence electrons. The maximum Gasteiger partial charge on any atom is 0.244 e. The average molecular weight is 331 g/mol. The third-order valence-electron chi connectivity index (χ3n) is 4.07. The van der Waals surface area contributed by atoms with Crippen LogP contribution < -0.4 is 5.32 Å². The molecule has 1 fully saturated rings. The summed E-state index contributed by atoms with van der Waals surface area (Å²) in [6.07, 6.45) is 4.29. The van der Waals surface area contributed by atoms with Crippen LogP contribution in [0.2, 0.25) is 0 Å². The topological polar surface area (TPSA) is 62.3 Å². The first-order chi connectivity index (χ1) is 11.1. The largest absolute Gasteiger partial charge is 0.340 e. The van der Waals surface area contributed by atoms with E-state index in [-0.39, 0.29) is 4.90 Å². The summed E-state index contributed by atoms with van der Waals surface area (Å²) in [5.41, 5.74) is 2.21. The van der Waals surface area contributed by atoms with E-state index >= 15 is 0 Å². The van der Waals surface area contributed by atoms with Crippen LogP contribution in [0.25, 0.3) is 0 Å². The Bertz CT molecular complexity index is 749. The number of aryl methyl sites for hydroxylation is 1. The minimum atomic E-state index is -3.39. The molecule has 0 spiro atoms. The Morgan fingerprint density at radius 1 is 1.09 bits per heavy atom. The molecule has 3 rings (SSSR count). The van der Waals surface area contributed by atoms with Crippen LogP contribution in [-0.2, 0) is 16.4 Å². The summed E-state index contributed by atoms with van der Waals surface area (Å²) < 4.78 is 26.4. The van der Waals surface area contributed by atoms with Crippen molar-refractivity contribution in [2.45, 2.75) is 31.1 Å². The molecule has 1 N–H and O–H groups in total. The van der Waals surface area contributed by atoms with E-state index in [2.05, 4.69) is 29.4 Å². The van der Waals surface area contributed by atoms with Gasteiger partial charge >= 0.3 is 0 Å². The highest BCUT2D eigenvalue weighted by molar-refractivity contribution is 7.89. The molecular formula is C17H21N3O2S. The van der Waals surface area contributed by atoms with Crippen LogP contribution in [0.15, 0.2) is 47.5 Å². The molecule has 1 aliphatic rings. The van der Waals surface area contributed by atoms with Crippen molar-refractivity contribution in [1.29, 1.82) is 0 Å². The van der Waals surface area contributed by atoms with E-state index in [4.69, 9.17) is 0 Å². The second-order valence-electron chi connectivity index (χ2n) is 5.67. The Morgan fingerprint density at radius 3 is 2.35 bits per heavy atom. The van der Waals surface area contributed by atoms with E-state index in [1.165, 1.54) is 16.1 Å². The molecule has 0 unspecified atom stereocenters. The minimum Gasteiger partial charge on any atom is -0.340 e. The highest BCUT2D eigenvalue weighted by Crippen LogP contribution is 2.22. The van der Waals surface area contributed by atoms with Crippen molar-refractivity contribution in [3.63, 3.8) is 0 Å². The fourth-order valence-corrected chi connectivity index (χ4v) is 4.12. The van der Waals surface area contributed by atoms with Crippen LogP contribution in [-0.4, -0.2) is 30.8 Å². The van der Waals surface area contributed by atoms with Gasteiger partial charge in [-0.3, -0.25) is 0 Å². The molecule has 0 bridgehead atoms. The number of nitrogens with zero attached hydrogens (tertiary/aromatic N) is 2. The van der Waals surface area contributed by atoms with Gasteiger partial charge in [0.05, 0.1) is 0 Å². The standard InChI is InChI=1S/C17H21N3O2S/c1-2-14-5-7-15(8-6-14)19-17-10-9-16(13-18-17)23(21,22)20-11-3-4-12-20/h5-10,13H,2-4,11-12H2,1H3,(H,18,19). The van der Waals surface area contributed by atoms with Gasteiger partial charge in [-0.2, -0.15) is 4.31 Å². The zero-order valence-corrected chi connectivity index (χ0v) is 14.0. The van der Waals surface area contributed by atoms with E-state index < -0.39 is 10.0 Å². The Labute approximate surface area is 137 Å². The van der Waals surface area contributed by atoms with Crippen molar-refractivity contribution >= 4 is 21.5 Å². The fraction of sp³-hybridized carbons (Fsp3) is 0.353. The van der Waals surface area contributed by atoms with Gasteiger partial charge in [0.15, 0.2) is 0 Å². The summed E-state index contributed by atoms with van der Waals surface area (Å²) in [6.45, 7) is 3.32. The van der Waals surface area contributed by atoms with Crippen molar-refractivity contribution in [2.24, 2.45) is 0 Å². The maximum absolute atomic E-state index is 12.4. The third-order valence-corrected chi connectivity index (χ3v) is 5.96. The lowest BCUT2D eigenvalue weighted by atomic mass is 10.1. The van der Waals surface area contributed by atoms with Crippen LogP contribution in [0, 0.1) is 0 Å². The molecule has 0 amide bonds. The SMILES string of the molecule is CCc1ccc(Nc2ccc(S(=O)(=O)N3CCCC3)cn2)cc1. The number of hydrogen-bond donors (Lipinski definition) is 1. The van der Waals surface area contributed by atoms with Gasteiger partial charge in [-0.25, -0.2) is 13.4 Å². The van der Waals surface area contributed by atoms with Gasteiger partial charge < -0.3 is 5.32 Å². The Balaban J connectivity index is 1.73. The summed E-state index contributed by atoms with van der Waals surface area (Å²) in [5, 5.41) is 3.18. The molecule has 6 heteroatoms. The first kappa shape index (κ1) is 16.0. The lowest BCUT2D eigenvalue weighted by Gasteiger charge is -2.15. The Kier molecular flexibility index (Phi) is 4.63. The van der Waals surface area contributed by atoms with Gasteiger partial charge in [0.2, 0.25) is 10.0 Å². The van der Waals surface area contributed by atoms with Gasteiger partial charge in [-0.1, -0.05) is 19.1 Å². The van der Waals surface area contributed by atoms with E-state index in [0.29, 0.717) is 18.9 Å². The van der Waals surface area contributed by atoms with Crippen molar-refractivity contribution in [2.75, 3.05) is 18.4 Å². The highest BCUT2D eigenvalue weighted by atomic mass is 32.2. The normalized spacial score (nSPS) is 15.7. The van der Waals surface area contributed by atoms with E-state index in [1.807, 2.05) is 12.1 Å². The number of anilines is 2. The molecule has 2 aromatic rings. The van der Waals surface area contributed by atoms with Crippen molar-refractivity contribution in [3.8, 4) is 0 Å². The van der Waals surface area contributed by atoms with Crippen molar-refractivity contribution in [3.05, 3.63) is 48.2 Å². The zero-order valence-electron chi connectivity index (χ0n) is 13.2. The molecule has 1 aromatic carbocycles. The lowest BCUT2D eigenvalue weighted by molar-refractivity contribution is 0.477. The molecule has 1 saturated heterocycles. The van der Waals surface area contributed by atoms with E-state index in [9.17, 15) is 8.42 Å². The lowest BCUT2D eigenvalue weighted by Crippen LogP contribution is -2.27. The third kappa shape index (κ3) is 3.54. The summed E-state index contributed by atoms with van der Waals surface area (Å²) in [4.78, 5) is 4.49. The summed E-state index contributed by atoms with van der Waals surface area (Å²) in [5.74, 6) is 0.634. The smallest absolute Gasteiger partial charge is 0.244 e. The van der Waals surface area contributed by atoms with E-state index in [0.717, 1.165) is 24.9 Å².